The lowest BCUT2D eigenvalue weighted by Crippen LogP contribution is -2.25. The van der Waals surface area contributed by atoms with E-state index >= 15 is 0 Å². The van der Waals surface area contributed by atoms with E-state index in [0.717, 1.165) is 35.1 Å². The van der Waals surface area contributed by atoms with Gasteiger partial charge in [0.25, 0.3) is 0 Å². The quantitative estimate of drug-likeness (QED) is 0.770. The zero-order valence-electron chi connectivity index (χ0n) is 12.4. The summed E-state index contributed by atoms with van der Waals surface area (Å²) in [5.74, 6) is 0.784. The second-order valence-electron chi connectivity index (χ2n) is 5.02. The van der Waals surface area contributed by atoms with E-state index in [0.29, 0.717) is 11.6 Å². The Morgan fingerprint density at radius 3 is 2.86 bits per heavy atom. The third-order valence-electron chi connectivity index (χ3n) is 3.34. The van der Waals surface area contributed by atoms with Gasteiger partial charge in [0.05, 0.1) is 18.2 Å². The topological polar surface area (TPSA) is 60.2 Å². The third kappa shape index (κ3) is 3.89. The maximum Gasteiger partial charge on any atom is 0.127 e. The van der Waals surface area contributed by atoms with Gasteiger partial charge in [-0.15, -0.1) is 0 Å². The van der Waals surface area contributed by atoms with Gasteiger partial charge in [0.15, 0.2) is 0 Å². The van der Waals surface area contributed by atoms with Gasteiger partial charge in [-0.05, 0) is 18.6 Å². The van der Waals surface area contributed by atoms with Crippen LogP contribution in [0.5, 0.6) is 0 Å². The van der Waals surface area contributed by atoms with Crippen molar-refractivity contribution >= 4 is 33.9 Å². The van der Waals surface area contributed by atoms with E-state index in [1.165, 1.54) is 0 Å². The van der Waals surface area contributed by atoms with Crippen molar-refractivity contribution < 1.29 is 4.74 Å². The normalized spacial score (nSPS) is 12.3. The van der Waals surface area contributed by atoms with Gasteiger partial charge in [-0.25, -0.2) is 4.98 Å². The molecule has 0 spiro atoms. The minimum atomic E-state index is 0.229. The number of ether oxygens (including phenoxy) is 1. The molecule has 1 unspecified atom stereocenters. The minimum absolute atomic E-state index is 0.229. The van der Waals surface area contributed by atoms with Crippen molar-refractivity contribution in [1.82, 2.24) is 4.98 Å². The zero-order chi connectivity index (χ0) is 15.2. The van der Waals surface area contributed by atoms with Crippen LogP contribution >= 0.6 is 12.2 Å². The number of benzene rings is 1. The first-order valence-electron chi connectivity index (χ1n) is 7.10. The fourth-order valence-electron chi connectivity index (χ4n) is 2.41. The molecular weight excluding hydrogens is 282 g/mol. The molecule has 0 radical (unpaired) electrons. The van der Waals surface area contributed by atoms with E-state index in [9.17, 15) is 0 Å². The van der Waals surface area contributed by atoms with E-state index < -0.39 is 0 Å². The van der Waals surface area contributed by atoms with Gasteiger partial charge >= 0.3 is 0 Å². The molecule has 0 bridgehead atoms. The number of para-hydroxylation sites is 1. The highest BCUT2D eigenvalue weighted by atomic mass is 32.1. The molecule has 112 valence electrons. The van der Waals surface area contributed by atoms with Crippen molar-refractivity contribution in [2.75, 3.05) is 19.0 Å². The van der Waals surface area contributed by atoms with Gasteiger partial charge in [-0.3, -0.25) is 0 Å². The van der Waals surface area contributed by atoms with Crippen molar-refractivity contribution in [2.45, 2.75) is 25.8 Å². The lowest BCUT2D eigenvalue weighted by Gasteiger charge is -2.19. The number of pyridine rings is 1. The Morgan fingerprint density at radius 1 is 1.43 bits per heavy atom. The van der Waals surface area contributed by atoms with Gasteiger partial charge in [-0.2, -0.15) is 0 Å². The Hall–Kier alpha value is -1.72. The van der Waals surface area contributed by atoms with Crippen LogP contribution in [-0.2, 0) is 4.74 Å². The molecule has 0 saturated carbocycles. The predicted molar refractivity (Wildman–Crippen MR) is 91.8 cm³/mol. The van der Waals surface area contributed by atoms with Crippen molar-refractivity contribution in [2.24, 2.45) is 5.73 Å². The van der Waals surface area contributed by atoms with Crippen LogP contribution in [0.3, 0.4) is 0 Å². The highest BCUT2D eigenvalue weighted by Gasteiger charge is 2.11. The molecule has 21 heavy (non-hydrogen) atoms. The highest BCUT2D eigenvalue weighted by molar-refractivity contribution is 7.80. The average molecular weight is 303 g/mol. The molecule has 3 N–H and O–H groups in total. The van der Waals surface area contributed by atoms with Crippen LogP contribution in [0.2, 0.25) is 0 Å². The number of nitrogens with one attached hydrogen (secondary N) is 1. The number of hydrogen-bond donors (Lipinski definition) is 2. The molecule has 1 aromatic carbocycles. The van der Waals surface area contributed by atoms with Crippen molar-refractivity contribution in [3.63, 3.8) is 0 Å². The van der Waals surface area contributed by atoms with Crippen LogP contribution in [0.15, 0.2) is 30.3 Å². The van der Waals surface area contributed by atoms with Crippen LogP contribution < -0.4 is 11.1 Å². The molecule has 1 aromatic heterocycles. The van der Waals surface area contributed by atoms with Crippen LogP contribution in [0, 0.1) is 0 Å². The number of aromatic nitrogens is 1. The lowest BCUT2D eigenvalue weighted by atomic mass is 10.1. The lowest BCUT2D eigenvalue weighted by molar-refractivity contribution is 0.182. The summed E-state index contributed by atoms with van der Waals surface area (Å²) in [6, 6.07) is 10.0. The molecule has 2 aromatic rings. The monoisotopic (exact) mass is 303 g/mol. The summed E-state index contributed by atoms with van der Waals surface area (Å²) in [5.41, 5.74) is 7.59. The smallest absolute Gasteiger partial charge is 0.127 e. The number of thiocarbonyl (C=S) groups is 1. The summed E-state index contributed by atoms with van der Waals surface area (Å²) < 4.78 is 5.25. The molecule has 0 aliphatic heterocycles. The van der Waals surface area contributed by atoms with Crippen LogP contribution in [0.25, 0.3) is 10.9 Å². The van der Waals surface area contributed by atoms with E-state index in [4.69, 9.17) is 22.7 Å². The SMILES string of the molecule is CCCC(COC)Nc1cc(C(N)=S)c2ccccc2n1. The second-order valence-corrected chi connectivity index (χ2v) is 5.46. The van der Waals surface area contributed by atoms with Crippen molar-refractivity contribution in [3.05, 3.63) is 35.9 Å². The molecule has 0 aliphatic carbocycles. The van der Waals surface area contributed by atoms with Crippen molar-refractivity contribution in [3.8, 4) is 0 Å². The van der Waals surface area contributed by atoms with Crippen molar-refractivity contribution in [1.29, 1.82) is 0 Å². The minimum Gasteiger partial charge on any atom is -0.389 e. The highest BCUT2D eigenvalue weighted by Crippen LogP contribution is 2.21. The summed E-state index contributed by atoms with van der Waals surface area (Å²) in [6.07, 6.45) is 2.10. The van der Waals surface area contributed by atoms with Gasteiger partial charge < -0.3 is 15.8 Å². The molecule has 0 fully saturated rings. The first-order valence-corrected chi connectivity index (χ1v) is 7.51. The first kappa shape index (κ1) is 15.7. The predicted octanol–water partition coefficient (Wildman–Crippen LogP) is 3.10. The Labute approximate surface area is 130 Å². The fraction of sp³-hybridized carbons (Fsp3) is 0.375. The number of methoxy groups -OCH3 is 1. The zero-order valence-corrected chi connectivity index (χ0v) is 13.2. The number of nitrogens with two attached hydrogens (primary N) is 1. The average Bonchev–Trinajstić information content (AvgIpc) is 2.47. The first-order chi connectivity index (χ1) is 10.2. The number of hydrogen-bond acceptors (Lipinski definition) is 4. The molecule has 1 heterocycles. The van der Waals surface area contributed by atoms with Crippen LogP contribution in [0.1, 0.15) is 25.3 Å². The Balaban J connectivity index is 2.37. The summed E-state index contributed by atoms with van der Waals surface area (Å²) in [7, 11) is 1.71. The molecule has 0 amide bonds. The van der Waals surface area contributed by atoms with Gasteiger partial charge in [-0.1, -0.05) is 43.8 Å². The number of rotatable bonds is 7. The molecule has 4 nitrogen and oxygen atoms in total. The molecular formula is C16H21N3OS. The van der Waals surface area contributed by atoms with E-state index in [1.54, 1.807) is 7.11 Å². The number of nitrogens with zero attached hydrogens (tertiary/aromatic N) is 1. The van der Waals surface area contributed by atoms with E-state index in [2.05, 4.69) is 17.2 Å². The molecule has 5 heteroatoms. The summed E-state index contributed by atoms with van der Waals surface area (Å²) >= 11 is 5.16. The third-order valence-corrected chi connectivity index (χ3v) is 3.56. The van der Waals surface area contributed by atoms with E-state index in [-0.39, 0.29) is 6.04 Å². The van der Waals surface area contributed by atoms with Gasteiger partial charge in [0.1, 0.15) is 10.8 Å². The summed E-state index contributed by atoms with van der Waals surface area (Å²) in [6.45, 7) is 2.79. The summed E-state index contributed by atoms with van der Waals surface area (Å²) in [4.78, 5) is 5.03. The second kappa shape index (κ2) is 7.33. The van der Waals surface area contributed by atoms with Crippen LogP contribution in [-0.4, -0.2) is 29.7 Å². The van der Waals surface area contributed by atoms with Gasteiger partial charge in [0.2, 0.25) is 0 Å². The van der Waals surface area contributed by atoms with Gasteiger partial charge in [0, 0.05) is 18.1 Å². The Kier molecular flexibility index (Phi) is 5.47. The Morgan fingerprint density at radius 2 is 2.19 bits per heavy atom. The standard InChI is InChI=1S/C16H21N3OS/c1-3-6-11(10-20-2)18-15-9-13(16(17)21)12-7-4-5-8-14(12)19-15/h4-5,7-9,11H,3,6,10H2,1-2H3,(H2,17,21)(H,18,19). The largest absolute Gasteiger partial charge is 0.389 e. The number of anilines is 1. The number of fused-ring (bicyclic) bond motifs is 1. The van der Waals surface area contributed by atoms with Crippen LogP contribution in [0.4, 0.5) is 5.82 Å². The summed E-state index contributed by atoms with van der Waals surface area (Å²) in [5, 5.41) is 4.40. The van der Waals surface area contributed by atoms with E-state index in [1.807, 2.05) is 30.3 Å². The maximum atomic E-state index is 5.85. The molecule has 0 aliphatic rings. The fourth-order valence-corrected chi connectivity index (χ4v) is 2.58. The molecule has 0 saturated heterocycles. The Bertz CT molecular complexity index is 624. The maximum absolute atomic E-state index is 5.85. The molecule has 2 rings (SSSR count). The molecule has 1 atom stereocenters.